The van der Waals surface area contributed by atoms with Crippen molar-refractivity contribution in [1.82, 2.24) is 9.78 Å². The number of anilines is 1. The molecule has 0 aliphatic rings. The molecule has 0 saturated carbocycles. The average molecular weight is 415 g/mol. The van der Waals surface area contributed by atoms with Crippen LogP contribution in [0.2, 0.25) is 0 Å². The Labute approximate surface area is 179 Å². The molecule has 0 saturated heterocycles. The van der Waals surface area contributed by atoms with Gasteiger partial charge < -0.3 is 5.32 Å². The SMILES string of the molecule is Cc1ccc(C)c(-c2nn([C@@H](C)C(=O)Nc3ccc(F)cc3)c(=O)c3ccccc23)c1. The predicted octanol–water partition coefficient (Wildman–Crippen LogP) is 5.02. The van der Waals surface area contributed by atoms with E-state index in [1.807, 2.05) is 44.2 Å². The van der Waals surface area contributed by atoms with Crippen molar-refractivity contribution in [3.05, 3.63) is 94.0 Å². The van der Waals surface area contributed by atoms with Gasteiger partial charge in [0.05, 0.1) is 11.1 Å². The van der Waals surface area contributed by atoms with Gasteiger partial charge in [0.2, 0.25) is 5.91 Å². The van der Waals surface area contributed by atoms with Crippen LogP contribution in [0.1, 0.15) is 24.1 Å². The van der Waals surface area contributed by atoms with E-state index in [-0.39, 0.29) is 5.56 Å². The molecule has 4 rings (SSSR count). The van der Waals surface area contributed by atoms with E-state index in [2.05, 4.69) is 10.4 Å². The van der Waals surface area contributed by atoms with E-state index in [1.165, 1.54) is 28.9 Å². The van der Waals surface area contributed by atoms with Crippen LogP contribution in [-0.4, -0.2) is 15.7 Å². The highest BCUT2D eigenvalue weighted by molar-refractivity contribution is 5.96. The lowest BCUT2D eigenvalue weighted by Crippen LogP contribution is -2.34. The van der Waals surface area contributed by atoms with Crippen molar-refractivity contribution < 1.29 is 9.18 Å². The number of carbonyl (C=O) groups excluding carboxylic acids is 1. The van der Waals surface area contributed by atoms with E-state index < -0.39 is 17.8 Å². The Hall–Kier alpha value is -3.80. The molecule has 0 spiro atoms. The van der Waals surface area contributed by atoms with Gasteiger partial charge in [-0.25, -0.2) is 9.07 Å². The van der Waals surface area contributed by atoms with Crippen LogP contribution >= 0.6 is 0 Å². The molecule has 0 unspecified atom stereocenters. The number of fused-ring (bicyclic) bond motifs is 1. The summed E-state index contributed by atoms with van der Waals surface area (Å²) in [4.78, 5) is 26.0. The molecule has 0 bridgehead atoms. The van der Waals surface area contributed by atoms with Crippen LogP contribution in [0.3, 0.4) is 0 Å². The minimum absolute atomic E-state index is 0.341. The molecule has 1 amide bonds. The molecule has 6 heteroatoms. The number of halogens is 1. The smallest absolute Gasteiger partial charge is 0.275 e. The zero-order chi connectivity index (χ0) is 22.1. The van der Waals surface area contributed by atoms with Crippen molar-refractivity contribution in [1.29, 1.82) is 0 Å². The first-order valence-electron chi connectivity index (χ1n) is 10.0. The maximum Gasteiger partial charge on any atom is 0.275 e. The molecule has 1 atom stereocenters. The third kappa shape index (κ3) is 3.97. The van der Waals surface area contributed by atoms with E-state index in [9.17, 15) is 14.0 Å². The van der Waals surface area contributed by atoms with E-state index in [0.29, 0.717) is 16.8 Å². The van der Waals surface area contributed by atoms with Crippen LogP contribution in [0.25, 0.3) is 22.0 Å². The fourth-order valence-electron chi connectivity index (χ4n) is 3.55. The summed E-state index contributed by atoms with van der Waals surface area (Å²) in [6.45, 7) is 5.61. The van der Waals surface area contributed by atoms with E-state index in [4.69, 9.17) is 0 Å². The predicted molar refractivity (Wildman–Crippen MR) is 121 cm³/mol. The Bertz CT molecular complexity index is 1340. The van der Waals surface area contributed by atoms with Gasteiger partial charge in [-0.2, -0.15) is 5.10 Å². The summed E-state index contributed by atoms with van der Waals surface area (Å²) < 4.78 is 14.4. The molecule has 1 heterocycles. The Morgan fingerprint density at radius 1 is 1.00 bits per heavy atom. The summed E-state index contributed by atoms with van der Waals surface area (Å²) in [6.07, 6.45) is 0. The molecular weight excluding hydrogens is 393 g/mol. The van der Waals surface area contributed by atoms with Crippen LogP contribution in [0.5, 0.6) is 0 Å². The Morgan fingerprint density at radius 2 is 1.68 bits per heavy atom. The number of aryl methyl sites for hydroxylation is 2. The average Bonchev–Trinajstić information content (AvgIpc) is 2.77. The minimum Gasteiger partial charge on any atom is -0.324 e. The first kappa shape index (κ1) is 20.5. The van der Waals surface area contributed by atoms with Crippen LogP contribution in [0.4, 0.5) is 10.1 Å². The standard InChI is InChI=1S/C25H22FN3O2/c1-15-8-9-16(2)22(14-15)23-20-6-4-5-7-21(20)25(31)29(28-23)17(3)24(30)27-19-12-10-18(26)11-13-19/h4-14,17H,1-3H3,(H,27,30)/t17-/m0/s1. The normalized spacial score (nSPS) is 12.0. The Kier molecular flexibility index (Phi) is 5.38. The first-order valence-corrected chi connectivity index (χ1v) is 10.0. The first-order chi connectivity index (χ1) is 14.8. The summed E-state index contributed by atoms with van der Waals surface area (Å²) in [6, 6.07) is 17.9. The monoisotopic (exact) mass is 415 g/mol. The van der Waals surface area contributed by atoms with Gasteiger partial charge in [-0.15, -0.1) is 0 Å². The number of nitrogens with one attached hydrogen (secondary N) is 1. The maximum atomic E-state index is 13.2. The highest BCUT2D eigenvalue weighted by Gasteiger charge is 2.21. The van der Waals surface area contributed by atoms with Crippen LogP contribution in [-0.2, 0) is 4.79 Å². The highest BCUT2D eigenvalue weighted by atomic mass is 19.1. The molecule has 31 heavy (non-hydrogen) atoms. The molecule has 0 aliphatic heterocycles. The molecule has 156 valence electrons. The van der Waals surface area contributed by atoms with Crippen LogP contribution in [0.15, 0.2) is 71.5 Å². The van der Waals surface area contributed by atoms with Crippen molar-refractivity contribution in [3.63, 3.8) is 0 Å². The number of nitrogens with zero attached hydrogens (tertiary/aromatic N) is 2. The number of aromatic nitrogens is 2. The molecule has 1 aromatic heterocycles. The quantitative estimate of drug-likeness (QED) is 0.509. The fraction of sp³-hybridized carbons (Fsp3) is 0.160. The Morgan fingerprint density at radius 3 is 2.39 bits per heavy atom. The number of carbonyl (C=O) groups is 1. The van der Waals surface area contributed by atoms with Gasteiger partial charge in [0.1, 0.15) is 11.9 Å². The van der Waals surface area contributed by atoms with Gasteiger partial charge in [-0.3, -0.25) is 9.59 Å². The van der Waals surface area contributed by atoms with E-state index in [0.717, 1.165) is 22.1 Å². The van der Waals surface area contributed by atoms with Crippen molar-refractivity contribution in [2.45, 2.75) is 26.8 Å². The number of hydrogen-bond acceptors (Lipinski definition) is 3. The van der Waals surface area contributed by atoms with Crippen molar-refractivity contribution in [2.75, 3.05) is 5.32 Å². The van der Waals surface area contributed by atoms with E-state index >= 15 is 0 Å². The molecule has 0 radical (unpaired) electrons. The summed E-state index contributed by atoms with van der Waals surface area (Å²) in [5, 5.41) is 8.58. The topological polar surface area (TPSA) is 64.0 Å². The summed E-state index contributed by atoms with van der Waals surface area (Å²) in [5.74, 6) is -0.806. The summed E-state index contributed by atoms with van der Waals surface area (Å²) >= 11 is 0. The third-order valence-electron chi connectivity index (χ3n) is 5.33. The van der Waals surface area contributed by atoms with Gasteiger partial charge in [-0.05, 0) is 62.7 Å². The highest BCUT2D eigenvalue weighted by Crippen LogP contribution is 2.29. The molecule has 0 fully saturated rings. The number of hydrogen-bond donors (Lipinski definition) is 1. The second kappa shape index (κ2) is 8.14. The van der Waals surface area contributed by atoms with Crippen molar-refractivity contribution in [2.24, 2.45) is 0 Å². The van der Waals surface area contributed by atoms with Crippen LogP contribution in [0, 0.1) is 19.7 Å². The third-order valence-corrected chi connectivity index (χ3v) is 5.33. The summed E-state index contributed by atoms with van der Waals surface area (Å²) in [7, 11) is 0. The molecule has 5 nitrogen and oxygen atoms in total. The lowest BCUT2D eigenvalue weighted by Gasteiger charge is -2.18. The Balaban J connectivity index is 1.83. The van der Waals surface area contributed by atoms with E-state index in [1.54, 1.807) is 19.1 Å². The molecular formula is C25H22FN3O2. The van der Waals surface area contributed by atoms with Gasteiger partial charge in [0.15, 0.2) is 0 Å². The second-order valence-corrected chi connectivity index (χ2v) is 7.63. The zero-order valence-electron chi connectivity index (χ0n) is 17.5. The fourth-order valence-corrected chi connectivity index (χ4v) is 3.55. The van der Waals surface area contributed by atoms with Gasteiger partial charge in [0.25, 0.3) is 5.56 Å². The number of amides is 1. The summed E-state index contributed by atoms with van der Waals surface area (Å²) in [5.41, 5.74) is 3.77. The lowest BCUT2D eigenvalue weighted by molar-refractivity contribution is -0.119. The molecule has 0 aliphatic carbocycles. The van der Waals surface area contributed by atoms with Gasteiger partial charge in [-0.1, -0.05) is 35.9 Å². The lowest BCUT2D eigenvalue weighted by atomic mass is 9.99. The van der Waals surface area contributed by atoms with Crippen molar-refractivity contribution >= 4 is 22.4 Å². The van der Waals surface area contributed by atoms with Crippen molar-refractivity contribution in [3.8, 4) is 11.3 Å². The van der Waals surface area contributed by atoms with Gasteiger partial charge >= 0.3 is 0 Å². The zero-order valence-corrected chi connectivity index (χ0v) is 17.5. The minimum atomic E-state index is -0.869. The second-order valence-electron chi connectivity index (χ2n) is 7.63. The maximum absolute atomic E-state index is 13.2. The van der Waals surface area contributed by atoms with Crippen LogP contribution < -0.4 is 10.9 Å². The number of rotatable bonds is 4. The molecule has 1 N–H and O–H groups in total. The molecule has 4 aromatic rings. The molecule has 3 aromatic carbocycles. The largest absolute Gasteiger partial charge is 0.324 e. The van der Waals surface area contributed by atoms with Gasteiger partial charge in [0, 0.05) is 16.6 Å². The number of benzene rings is 3.